The molecule has 1 aromatic rings. The Hall–Kier alpha value is -1.39. The molecule has 0 aromatic heterocycles. The second-order valence-electron chi connectivity index (χ2n) is 8.06. The first-order valence-corrected chi connectivity index (χ1v) is 11.0. The molecule has 0 aliphatic heterocycles. The maximum absolute atomic E-state index is 12.0. The summed E-state index contributed by atoms with van der Waals surface area (Å²) in [6.45, 7) is 7.10. The molecular formula is C24H40O4. The summed E-state index contributed by atoms with van der Waals surface area (Å²) in [5, 5.41) is 9.76. The van der Waals surface area contributed by atoms with Crippen LogP contribution < -0.4 is 4.74 Å². The Morgan fingerprint density at radius 3 is 1.89 bits per heavy atom. The van der Waals surface area contributed by atoms with Crippen molar-refractivity contribution in [2.24, 2.45) is 0 Å². The Balaban J connectivity index is 1.97. The Kier molecular flexibility index (Phi) is 12.8. The van der Waals surface area contributed by atoms with Gasteiger partial charge in [0.15, 0.2) is 5.78 Å². The van der Waals surface area contributed by atoms with E-state index in [1.165, 1.54) is 71.6 Å². The maximum Gasteiger partial charge on any atom is 0.193 e. The van der Waals surface area contributed by atoms with Gasteiger partial charge in [-0.1, -0.05) is 64.7 Å². The Labute approximate surface area is 171 Å². The molecule has 160 valence electrons. The summed E-state index contributed by atoms with van der Waals surface area (Å²) in [6.07, 6.45) is 13.3. The molecule has 0 spiro atoms. The summed E-state index contributed by atoms with van der Waals surface area (Å²) >= 11 is 0. The third-order valence-corrected chi connectivity index (χ3v) is 4.81. The fraction of sp³-hybridized carbons (Fsp3) is 0.708. The summed E-state index contributed by atoms with van der Waals surface area (Å²) in [6, 6.07) is 6.86. The van der Waals surface area contributed by atoms with Crippen molar-refractivity contribution < 1.29 is 19.4 Å². The predicted molar refractivity (Wildman–Crippen MR) is 115 cm³/mol. The van der Waals surface area contributed by atoms with Crippen molar-refractivity contribution in [3.05, 3.63) is 29.8 Å². The van der Waals surface area contributed by atoms with Gasteiger partial charge in [0, 0.05) is 12.2 Å². The standard InChI is InChI=1S/C24H40O4/c1-4-5-6-7-8-9-10-11-12-13-18-27-19-20-28-22-16-14-21(15-17-22)23(25)24(2,3)26/h14-17,26H,4-13,18-20H2,1-3H3. The van der Waals surface area contributed by atoms with Gasteiger partial charge in [-0.05, 0) is 44.5 Å². The summed E-state index contributed by atoms with van der Waals surface area (Å²) in [7, 11) is 0. The van der Waals surface area contributed by atoms with Crippen molar-refractivity contribution in [3.8, 4) is 5.75 Å². The van der Waals surface area contributed by atoms with Crippen molar-refractivity contribution in [1.29, 1.82) is 0 Å². The van der Waals surface area contributed by atoms with Crippen LogP contribution in [0.5, 0.6) is 5.75 Å². The van der Waals surface area contributed by atoms with Gasteiger partial charge in [0.25, 0.3) is 0 Å². The first-order chi connectivity index (χ1) is 13.4. The number of hydrogen-bond donors (Lipinski definition) is 1. The molecule has 0 saturated carbocycles. The number of carbonyl (C=O) groups is 1. The second kappa shape index (κ2) is 14.6. The first-order valence-electron chi connectivity index (χ1n) is 11.0. The zero-order valence-corrected chi connectivity index (χ0v) is 18.2. The van der Waals surface area contributed by atoms with Gasteiger partial charge in [0.2, 0.25) is 0 Å². The van der Waals surface area contributed by atoms with Crippen molar-refractivity contribution in [2.75, 3.05) is 19.8 Å². The minimum absolute atomic E-state index is 0.293. The first kappa shape index (κ1) is 24.6. The molecule has 0 amide bonds. The fourth-order valence-electron chi connectivity index (χ4n) is 3.07. The maximum atomic E-state index is 12.0. The molecule has 0 atom stereocenters. The van der Waals surface area contributed by atoms with Crippen LogP contribution in [0.25, 0.3) is 0 Å². The normalized spacial score (nSPS) is 11.6. The lowest BCUT2D eigenvalue weighted by atomic mass is 9.97. The predicted octanol–water partition coefficient (Wildman–Crippen LogP) is 5.96. The third-order valence-electron chi connectivity index (χ3n) is 4.81. The van der Waals surface area contributed by atoms with Gasteiger partial charge < -0.3 is 14.6 Å². The molecule has 0 unspecified atom stereocenters. The molecule has 0 bridgehead atoms. The van der Waals surface area contributed by atoms with Crippen molar-refractivity contribution >= 4 is 5.78 Å². The van der Waals surface area contributed by atoms with Gasteiger partial charge in [0.05, 0.1) is 6.61 Å². The molecule has 1 aromatic carbocycles. The van der Waals surface area contributed by atoms with E-state index in [0.717, 1.165) is 13.0 Å². The molecule has 1 N–H and O–H groups in total. The minimum atomic E-state index is -1.36. The number of unbranched alkanes of at least 4 members (excludes halogenated alkanes) is 9. The topological polar surface area (TPSA) is 55.8 Å². The van der Waals surface area contributed by atoms with Gasteiger partial charge >= 0.3 is 0 Å². The Morgan fingerprint density at radius 1 is 0.821 bits per heavy atom. The summed E-state index contributed by atoms with van der Waals surface area (Å²) < 4.78 is 11.2. The van der Waals surface area contributed by atoms with Crippen molar-refractivity contribution in [2.45, 2.75) is 90.6 Å². The van der Waals surface area contributed by atoms with E-state index in [0.29, 0.717) is 24.5 Å². The van der Waals surface area contributed by atoms with Crippen LogP contribution in [0.2, 0.25) is 0 Å². The largest absolute Gasteiger partial charge is 0.491 e. The van der Waals surface area contributed by atoms with E-state index in [-0.39, 0.29) is 5.78 Å². The molecule has 0 aliphatic carbocycles. The van der Waals surface area contributed by atoms with Crippen molar-refractivity contribution in [1.82, 2.24) is 0 Å². The number of Topliss-reactive ketones (excluding diaryl/α,β-unsaturated/α-hetero) is 1. The molecular weight excluding hydrogens is 352 g/mol. The molecule has 28 heavy (non-hydrogen) atoms. The van der Waals surface area contributed by atoms with E-state index in [9.17, 15) is 9.90 Å². The number of ether oxygens (including phenoxy) is 2. The number of hydrogen-bond acceptors (Lipinski definition) is 4. The highest BCUT2D eigenvalue weighted by Crippen LogP contribution is 2.17. The monoisotopic (exact) mass is 392 g/mol. The lowest BCUT2D eigenvalue weighted by Crippen LogP contribution is -2.30. The number of aliphatic hydroxyl groups is 1. The van der Waals surface area contributed by atoms with Gasteiger partial charge in [0.1, 0.15) is 18.0 Å². The van der Waals surface area contributed by atoms with E-state index in [2.05, 4.69) is 6.92 Å². The Morgan fingerprint density at radius 2 is 1.36 bits per heavy atom. The van der Waals surface area contributed by atoms with Gasteiger partial charge in [-0.3, -0.25) is 4.79 Å². The van der Waals surface area contributed by atoms with E-state index >= 15 is 0 Å². The van der Waals surface area contributed by atoms with Crippen LogP contribution in [0.4, 0.5) is 0 Å². The van der Waals surface area contributed by atoms with Crippen molar-refractivity contribution in [3.63, 3.8) is 0 Å². The zero-order valence-electron chi connectivity index (χ0n) is 18.2. The molecule has 4 heteroatoms. The number of ketones is 1. The van der Waals surface area contributed by atoms with Crippen LogP contribution in [-0.4, -0.2) is 36.3 Å². The molecule has 0 aliphatic rings. The van der Waals surface area contributed by atoms with Gasteiger partial charge in [-0.15, -0.1) is 0 Å². The highest BCUT2D eigenvalue weighted by Gasteiger charge is 2.24. The molecule has 0 heterocycles. The molecule has 0 radical (unpaired) electrons. The fourth-order valence-corrected chi connectivity index (χ4v) is 3.07. The highest BCUT2D eigenvalue weighted by molar-refractivity contribution is 6.01. The third kappa shape index (κ3) is 11.5. The molecule has 0 fully saturated rings. The van der Waals surface area contributed by atoms with Crippen LogP contribution in [0.15, 0.2) is 24.3 Å². The average Bonchev–Trinajstić information content (AvgIpc) is 2.67. The van der Waals surface area contributed by atoms with Crippen LogP contribution in [0.1, 0.15) is 95.3 Å². The van der Waals surface area contributed by atoms with Gasteiger partial charge in [-0.2, -0.15) is 0 Å². The quantitative estimate of drug-likeness (QED) is 0.263. The zero-order chi connectivity index (χ0) is 20.7. The smallest absolute Gasteiger partial charge is 0.193 e. The minimum Gasteiger partial charge on any atom is -0.491 e. The SMILES string of the molecule is CCCCCCCCCCCCOCCOc1ccc(C(=O)C(C)(C)O)cc1. The highest BCUT2D eigenvalue weighted by atomic mass is 16.5. The molecule has 1 rings (SSSR count). The number of carbonyl (C=O) groups excluding carboxylic acids is 1. The average molecular weight is 393 g/mol. The van der Waals surface area contributed by atoms with E-state index in [1.54, 1.807) is 24.3 Å². The van der Waals surface area contributed by atoms with Crippen LogP contribution >= 0.6 is 0 Å². The second-order valence-corrected chi connectivity index (χ2v) is 8.06. The van der Waals surface area contributed by atoms with Crippen LogP contribution in [0.3, 0.4) is 0 Å². The summed E-state index contributed by atoms with van der Waals surface area (Å²) in [5.74, 6) is 0.411. The van der Waals surface area contributed by atoms with E-state index < -0.39 is 5.60 Å². The summed E-state index contributed by atoms with van der Waals surface area (Å²) in [4.78, 5) is 12.0. The van der Waals surface area contributed by atoms with Crippen LogP contribution in [-0.2, 0) is 4.74 Å². The summed E-state index contributed by atoms with van der Waals surface area (Å²) in [5.41, 5.74) is -0.873. The molecule has 4 nitrogen and oxygen atoms in total. The van der Waals surface area contributed by atoms with E-state index in [4.69, 9.17) is 9.47 Å². The van der Waals surface area contributed by atoms with E-state index in [1.807, 2.05) is 0 Å². The van der Waals surface area contributed by atoms with Crippen LogP contribution in [0, 0.1) is 0 Å². The lowest BCUT2D eigenvalue weighted by molar-refractivity contribution is 0.0488. The molecule has 0 saturated heterocycles. The lowest BCUT2D eigenvalue weighted by Gasteiger charge is -2.15. The number of benzene rings is 1. The van der Waals surface area contributed by atoms with Gasteiger partial charge in [-0.25, -0.2) is 0 Å². The Bertz CT molecular complexity index is 516. The number of rotatable bonds is 17.